The Bertz CT molecular complexity index is 1220. The van der Waals surface area contributed by atoms with E-state index < -0.39 is 6.10 Å². The summed E-state index contributed by atoms with van der Waals surface area (Å²) in [6.07, 6.45) is 4.35. The summed E-state index contributed by atoms with van der Waals surface area (Å²) in [5, 5.41) is 14.2. The van der Waals surface area contributed by atoms with Gasteiger partial charge in [-0.2, -0.15) is 0 Å². The van der Waals surface area contributed by atoms with Crippen LogP contribution in [0.3, 0.4) is 0 Å². The minimum Gasteiger partial charge on any atom is -0.491 e. The van der Waals surface area contributed by atoms with Crippen LogP contribution >= 0.6 is 0 Å². The summed E-state index contributed by atoms with van der Waals surface area (Å²) in [4.78, 5) is 11.7. The molecule has 5 rings (SSSR count). The maximum atomic E-state index is 10.5. The number of aryl methyl sites for hydroxylation is 1. The SMILES string of the molecule is Cc1ccc(Cn2c(NC3CCCN(CC(O)COc4ccccc4)CC3)nc3cccnc32)o1. The quantitative estimate of drug-likeness (QED) is 0.377. The van der Waals surface area contributed by atoms with E-state index in [1.54, 1.807) is 6.20 Å². The molecule has 1 saturated heterocycles. The third kappa shape index (κ3) is 6.01. The second kappa shape index (κ2) is 10.9. The van der Waals surface area contributed by atoms with Gasteiger partial charge in [-0.1, -0.05) is 18.2 Å². The summed E-state index contributed by atoms with van der Waals surface area (Å²) in [5.41, 5.74) is 1.72. The number of nitrogens with one attached hydrogen (secondary N) is 1. The largest absolute Gasteiger partial charge is 0.491 e. The number of aliphatic hydroxyl groups is 1. The highest BCUT2D eigenvalue weighted by Gasteiger charge is 2.22. The molecule has 2 atom stereocenters. The lowest BCUT2D eigenvalue weighted by Crippen LogP contribution is -2.36. The van der Waals surface area contributed by atoms with Crippen LogP contribution in [0, 0.1) is 6.92 Å². The molecule has 35 heavy (non-hydrogen) atoms. The van der Waals surface area contributed by atoms with E-state index in [1.165, 1.54) is 0 Å². The molecule has 4 aromatic rings. The van der Waals surface area contributed by atoms with Gasteiger partial charge in [-0.3, -0.25) is 4.57 Å². The molecule has 0 saturated carbocycles. The smallest absolute Gasteiger partial charge is 0.205 e. The van der Waals surface area contributed by atoms with Crippen molar-refractivity contribution in [1.82, 2.24) is 19.4 Å². The van der Waals surface area contributed by atoms with Crippen LogP contribution < -0.4 is 10.1 Å². The average Bonchev–Trinajstić information content (AvgIpc) is 3.36. The van der Waals surface area contributed by atoms with Gasteiger partial charge < -0.3 is 24.5 Å². The van der Waals surface area contributed by atoms with E-state index >= 15 is 0 Å². The third-order valence-electron chi connectivity index (χ3n) is 6.42. The summed E-state index contributed by atoms with van der Waals surface area (Å²) in [6, 6.07) is 17.8. The maximum absolute atomic E-state index is 10.5. The maximum Gasteiger partial charge on any atom is 0.205 e. The van der Waals surface area contributed by atoms with Crippen LogP contribution in [0.25, 0.3) is 11.2 Å². The van der Waals surface area contributed by atoms with Crippen molar-refractivity contribution in [3.05, 3.63) is 72.3 Å². The van der Waals surface area contributed by atoms with E-state index in [2.05, 4.69) is 19.8 Å². The van der Waals surface area contributed by atoms with Crippen molar-refractivity contribution in [3.8, 4) is 5.75 Å². The molecule has 0 bridgehead atoms. The lowest BCUT2D eigenvalue weighted by Gasteiger charge is -2.23. The number of likely N-dealkylation sites (tertiary alicyclic amines) is 1. The zero-order chi connectivity index (χ0) is 24.0. The zero-order valence-electron chi connectivity index (χ0n) is 20.1. The molecule has 0 spiro atoms. The number of ether oxygens (including phenoxy) is 1. The fraction of sp³-hybridized carbons (Fsp3) is 0.407. The van der Waals surface area contributed by atoms with Gasteiger partial charge in [0.2, 0.25) is 5.95 Å². The number of hydrogen-bond donors (Lipinski definition) is 2. The molecule has 184 valence electrons. The van der Waals surface area contributed by atoms with Gasteiger partial charge in [0, 0.05) is 25.3 Å². The minimum atomic E-state index is -0.522. The number of imidazole rings is 1. The number of fused-ring (bicyclic) bond motifs is 1. The molecular formula is C27H33N5O3. The van der Waals surface area contributed by atoms with Gasteiger partial charge in [-0.05, 0) is 69.1 Å². The van der Waals surface area contributed by atoms with Crippen molar-refractivity contribution in [2.75, 3.05) is 31.6 Å². The topological polar surface area (TPSA) is 88.6 Å². The van der Waals surface area contributed by atoms with Crippen LogP contribution in [0.15, 0.2) is 65.2 Å². The molecule has 1 fully saturated rings. The summed E-state index contributed by atoms with van der Waals surface area (Å²) in [7, 11) is 0. The summed E-state index contributed by atoms with van der Waals surface area (Å²) >= 11 is 0. The van der Waals surface area contributed by atoms with Gasteiger partial charge in [-0.15, -0.1) is 0 Å². The van der Waals surface area contributed by atoms with Gasteiger partial charge in [-0.25, -0.2) is 9.97 Å². The Morgan fingerprint density at radius 3 is 2.83 bits per heavy atom. The first-order valence-corrected chi connectivity index (χ1v) is 12.4. The predicted octanol–water partition coefficient (Wildman–Crippen LogP) is 4.09. The molecule has 0 aliphatic carbocycles. The average molecular weight is 476 g/mol. The first kappa shape index (κ1) is 23.4. The Morgan fingerprint density at radius 2 is 2.00 bits per heavy atom. The first-order chi connectivity index (χ1) is 17.1. The number of aromatic nitrogens is 3. The standard InChI is InChI=1S/C27H33N5O3/c1-20-11-12-24(35-20)18-32-26-25(10-5-14-28-26)30-27(32)29-21-7-6-15-31(16-13-21)17-22(33)19-34-23-8-3-2-4-9-23/h2-5,8-12,14,21-22,33H,6-7,13,15-19H2,1H3,(H,29,30). The Kier molecular flexibility index (Phi) is 7.30. The van der Waals surface area contributed by atoms with Crippen LogP contribution in [0.1, 0.15) is 30.8 Å². The molecular weight excluding hydrogens is 442 g/mol. The molecule has 1 aliphatic rings. The number of hydrogen-bond acceptors (Lipinski definition) is 7. The molecule has 0 radical (unpaired) electrons. The minimum absolute atomic E-state index is 0.297. The van der Waals surface area contributed by atoms with Crippen molar-refractivity contribution in [1.29, 1.82) is 0 Å². The molecule has 2 N–H and O–H groups in total. The van der Waals surface area contributed by atoms with E-state index in [4.69, 9.17) is 14.1 Å². The van der Waals surface area contributed by atoms with Crippen LogP contribution in [0.4, 0.5) is 5.95 Å². The Balaban J connectivity index is 1.19. The summed E-state index contributed by atoms with van der Waals surface area (Å²) in [5.74, 6) is 3.39. The highest BCUT2D eigenvalue weighted by atomic mass is 16.5. The molecule has 3 aromatic heterocycles. The van der Waals surface area contributed by atoms with E-state index in [0.717, 1.165) is 66.7 Å². The fourth-order valence-corrected chi connectivity index (χ4v) is 4.67. The van der Waals surface area contributed by atoms with Crippen LogP contribution in [-0.4, -0.2) is 62.9 Å². The van der Waals surface area contributed by atoms with Crippen molar-refractivity contribution in [2.45, 2.75) is 44.9 Å². The van der Waals surface area contributed by atoms with Gasteiger partial charge >= 0.3 is 0 Å². The highest BCUT2D eigenvalue weighted by molar-refractivity contribution is 5.74. The van der Waals surface area contributed by atoms with E-state index in [1.807, 2.05) is 61.5 Å². The lowest BCUT2D eigenvalue weighted by molar-refractivity contribution is 0.0693. The van der Waals surface area contributed by atoms with Gasteiger partial charge in [0.05, 0.1) is 6.54 Å². The Morgan fingerprint density at radius 1 is 1.11 bits per heavy atom. The lowest BCUT2D eigenvalue weighted by atomic mass is 10.1. The van der Waals surface area contributed by atoms with Crippen LogP contribution in [-0.2, 0) is 6.54 Å². The van der Waals surface area contributed by atoms with Gasteiger partial charge in [0.1, 0.15) is 35.5 Å². The highest BCUT2D eigenvalue weighted by Crippen LogP contribution is 2.23. The molecule has 1 aliphatic heterocycles. The van der Waals surface area contributed by atoms with E-state index in [-0.39, 0.29) is 0 Å². The first-order valence-electron chi connectivity index (χ1n) is 12.4. The number of benzene rings is 1. The zero-order valence-corrected chi connectivity index (χ0v) is 20.1. The number of pyridine rings is 1. The Labute approximate surface area is 205 Å². The third-order valence-corrected chi connectivity index (χ3v) is 6.42. The van der Waals surface area contributed by atoms with Gasteiger partial charge in [0.15, 0.2) is 5.65 Å². The van der Waals surface area contributed by atoms with Crippen molar-refractivity contribution in [3.63, 3.8) is 0 Å². The second-order valence-electron chi connectivity index (χ2n) is 9.23. The van der Waals surface area contributed by atoms with Crippen LogP contribution in [0.5, 0.6) is 5.75 Å². The van der Waals surface area contributed by atoms with E-state index in [0.29, 0.717) is 25.7 Å². The monoisotopic (exact) mass is 475 g/mol. The number of furan rings is 1. The van der Waals surface area contributed by atoms with E-state index in [9.17, 15) is 5.11 Å². The Hall–Kier alpha value is -3.36. The second-order valence-corrected chi connectivity index (χ2v) is 9.23. The number of anilines is 1. The number of nitrogens with zero attached hydrogens (tertiary/aromatic N) is 4. The number of para-hydroxylation sites is 1. The molecule has 1 aromatic carbocycles. The van der Waals surface area contributed by atoms with Crippen LogP contribution in [0.2, 0.25) is 0 Å². The van der Waals surface area contributed by atoms with Crippen molar-refractivity contribution in [2.24, 2.45) is 0 Å². The molecule has 4 heterocycles. The fourth-order valence-electron chi connectivity index (χ4n) is 4.67. The van der Waals surface area contributed by atoms with Crippen molar-refractivity contribution < 1.29 is 14.3 Å². The molecule has 8 heteroatoms. The van der Waals surface area contributed by atoms with Crippen molar-refractivity contribution >= 4 is 17.1 Å². The number of rotatable bonds is 9. The predicted molar refractivity (Wildman–Crippen MR) is 136 cm³/mol. The molecule has 2 unspecified atom stereocenters. The molecule has 0 amide bonds. The summed E-state index contributed by atoms with van der Waals surface area (Å²) < 4.78 is 13.6. The summed E-state index contributed by atoms with van der Waals surface area (Å²) in [6.45, 7) is 5.32. The number of aliphatic hydroxyl groups excluding tert-OH is 1. The normalized spacial score (nSPS) is 17.8. The molecule has 8 nitrogen and oxygen atoms in total. The number of β-amino-alcohol motifs (C(OH)–C–C–N with tert-alkyl or cyclic N) is 1. The van der Waals surface area contributed by atoms with Gasteiger partial charge in [0.25, 0.3) is 0 Å².